The van der Waals surface area contributed by atoms with Crippen molar-refractivity contribution in [1.82, 2.24) is 10.6 Å². The van der Waals surface area contributed by atoms with E-state index in [9.17, 15) is 9.59 Å². The van der Waals surface area contributed by atoms with Crippen LogP contribution in [-0.2, 0) is 16.1 Å². The molecule has 0 aliphatic heterocycles. The molecule has 1 rings (SSSR count). The molecule has 0 aliphatic rings. The first-order chi connectivity index (χ1) is 10.3. The number of carbonyl (C=O) groups excluding carboxylic acids is 2. The largest absolute Gasteiger partial charge is 0.445 e. The fraction of sp³-hybridized carbons (Fsp3) is 0.438. The molecule has 0 spiro atoms. The van der Waals surface area contributed by atoms with Crippen molar-refractivity contribution in [3.8, 4) is 0 Å². The maximum absolute atomic E-state index is 11.6. The van der Waals surface area contributed by atoms with Crippen LogP contribution in [0.2, 0.25) is 0 Å². The Morgan fingerprint density at radius 1 is 1.18 bits per heavy atom. The van der Waals surface area contributed by atoms with Crippen molar-refractivity contribution in [3.63, 3.8) is 0 Å². The molecule has 1 aromatic rings. The number of carbonyl (C=O) groups is 2. The molecule has 6 heteroatoms. The molecule has 0 aromatic heterocycles. The second-order valence-corrected chi connectivity index (χ2v) is 5.79. The van der Waals surface area contributed by atoms with Gasteiger partial charge >= 0.3 is 12.2 Å². The second-order valence-electron chi connectivity index (χ2n) is 5.79. The van der Waals surface area contributed by atoms with Gasteiger partial charge in [-0.2, -0.15) is 0 Å². The van der Waals surface area contributed by atoms with Gasteiger partial charge in [0.1, 0.15) is 12.2 Å². The van der Waals surface area contributed by atoms with E-state index in [0.29, 0.717) is 0 Å². The van der Waals surface area contributed by atoms with Crippen LogP contribution in [-0.4, -0.2) is 30.4 Å². The van der Waals surface area contributed by atoms with Gasteiger partial charge in [0, 0.05) is 12.6 Å². The Kier molecular flexibility index (Phi) is 6.69. The summed E-state index contributed by atoms with van der Waals surface area (Å²) < 4.78 is 10.1. The smallest absolute Gasteiger partial charge is 0.407 e. The number of amides is 2. The molecular weight excluding hydrogens is 284 g/mol. The lowest BCUT2D eigenvalue weighted by molar-refractivity contribution is 0.0523. The van der Waals surface area contributed by atoms with Crippen LogP contribution in [0.25, 0.3) is 0 Å². The van der Waals surface area contributed by atoms with E-state index in [-0.39, 0.29) is 13.2 Å². The minimum absolute atomic E-state index is 0.148. The molecule has 0 bridgehead atoms. The normalized spacial score (nSPS) is 12.2. The molecule has 2 amide bonds. The highest BCUT2D eigenvalue weighted by Crippen LogP contribution is 2.06. The Labute approximate surface area is 131 Å². The number of ether oxygens (including phenoxy) is 2. The fourth-order valence-electron chi connectivity index (χ4n) is 1.50. The van der Waals surface area contributed by atoms with E-state index in [1.807, 2.05) is 30.3 Å². The number of rotatable bonds is 5. The first-order valence-corrected chi connectivity index (χ1v) is 7.03. The molecule has 0 fully saturated rings. The summed E-state index contributed by atoms with van der Waals surface area (Å²) in [4.78, 5) is 23.0. The first kappa shape index (κ1) is 17.8. The average Bonchev–Trinajstić information content (AvgIpc) is 2.42. The van der Waals surface area contributed by atoms with Crippen molar-refractivity contribution in [2.45, 2.75) is 39.0 Å². The topological polar surface area (TPSA) is 76.7 Å². The Bertz CT molecular complexity index is 483. The maximum atomic E-state index is 11.6. The van der Waals surface area contributed by atoms with Crippen LogP contribution < -0.4 is 10.6 Å². The number of alkyl carbamates (subject to hydrolysis) is 2. The van der Waals surface area contributed by atoms with Gasteiger partial charge in [0.25, 0.3) is 0 Å². The second kappa shape index (κ2) is 8.26. The minimum Gasteiger partial charge on any atom is -0.445 e. The lowest BCUT2D eigenvalue weighted by Crippen LogP contribution is -2.43. The number of hydrogen-bond donors (Lipinski definition) is 2. The summed E-state index contributed by atoms with van der Waals surface area (Å²) >= 11 is 0. The van der Waals surface area contributed by atoms with Crippen molar-refractivity contribution < 1.29 is 19.1 Å². The van der Waals surface area contributed by atoms with E-state index in [1.54, 1.807) is 20.8 Å². The van der Waals surface area contributed by atoms with E-state index in [4.69, 9.17) is 9.47 Å². The predicted octanol–water partition coefficient (Wildman–Crippen LogP) is 2.64. The van der Waals surface area contributed by atoms with Gasteiger partial charge in [0.05, 0.1) is 0 Å². The van der Waals surface area contributed by atoms with Gasteiger partial charge in [0.15, 0.2) is 0 Å². The van der Waals surface area contributed by atoms with Gasteiger partial charge in [-0.15, -0.1) is 0 Å². The number of benzene rings is 1. The van der Waals surface area contributed by atoms with Crippen LogP contribution in [0.15, 0.2) is 30.3 Å². The third kappa shape index (κ3) is 8.14. The van der Waals surface area contributed by atoms with Crippen molar-refractivity contribution in [2.24, 2.45) is 0 Å². The van der Waals surface area contributed by atoms with Crippen LogP contribution >= 0.6 is 0 Å². The Hall–Kier alpha value is -2.24. The quantitative estimate of drug-likeness (QED) is 0.876. The third-order valence-electron chi connectivity index (χ3n) is 2.43. The van der Waals surface area contributed by atoms with E-state index in [1.165, 1.54) is 0 Å². The Morgan fingerprint density at radius 2 is 1.82 bits per heavy atom. The molecule has 6 nitrogen and oxygen atoms in total. The average molecular weight is 307 g/mol. The molecule has 0 saturated heterocycles. The molecule has 0 saturated carbocycles. The van der Waals surface area contributed by atoms with Crippen molar-refractivity contribution in [2.75, 3.05) is 6.54 Å². The summed E-state index contributed by atoms with van der Waals surface area (Å²) in [5, 5.41) is 5.05. The lowest BCUT2D eigenvalue weighted by Gasteiger charge is -2.21. The van der Waals surface area contributed by atoms with Crippen LogP contribution in [0.3, 0.4) is 0 Å². The zero-order valence-corrected chi connectivity index (χ0v) is 13.2. The van der Waals surface area contributed by atoms with Gasteiger partial charge < -0.3 is 20.1 Å². The summed E-state index contributed by atoms with van der Waals surface area (Å²) in [5.41, 5.74) is 0.327. The number of nitrogens with one attached hydrogen (secondary N) is 2. The predicted molar refractivity (Wildman–Crippen MR) is 83.1 cm³/mol. The molecule has 121 valence electrons. The van der Waals surface area contributed by atoms with E-state index in [0.717, 1.165) is 5.56 Å². The van der Waals surface area contributed by atoms with Gasteiger partial charge in [-0.25, -0.2) is 9.59 Å². The van der Waals surface area contributed by atoms with Crippen LogP contribution in [0.1, 0.15) is 26.3 Å². The number of hydrogen-bond acceptors (Lipinski definition) is 4. The Morgan fingerprint density at radius 3 is 2.41 bits per heavy atom. The summed E-state index contributed by atoms with van der Waals surface area (Å²) in [6.07, 6.45) is -1.14. The summed E-state index contributed by atoms with van der Waals surface area (Å²) in [6, 6.07) is 8.82. The SMILES string of the molecule is [CH2][C@H](CNC(=O)OC(C)(C)C)NC(=O)OCc1ccccc1. The third-order valence-corrected chi connectivity index (χ3v) is 2.43. The summed E-state index contributed by atoms with van der Waals surface area (Å²) in [5.74, 6) is 0. The van der Waals surface area contributed by atoms with Crippen LogP contribution in [0, 0.1) is 6.92 Å². The molecular formula is C16H23N2O4. The molecule has 2 N–H and O–H groups in total. The van der Waals surface area contributed by atoms with Crippen LogP contribution in [0.5, 0.6) is 0 Å². The van der Waals surface area contributed by atoms with Gasteiger partial charge in [-0.3, -0.25) is 0 Å². The molecule has 0 aliphatic carbocycles. The first-order valence-electron chi connectivity index (χ1n) is 7.03. The highest BCUT2D eigenvalue weighted by molar-refractivity contribution is 5.69. The van der Waals surface area contributed by atoms with Gasteiger partial charge in [0.2, 0.25) is 0 Å². The monoisotopic (exact) mass is 307 g/mol. The van der Waals surface area contributed by atoms with Crippen molar-refractivity contribution in [1.29, 1.82) is 0 Å². The lowest BCUT2D eigenvalue weighted by atomic mass is 10.2. The maximum Gasteiger partial charge on any atom is 0.407 e. The Balaban J connectivity index is 2.22. The highest BCUT2D eigenvalue weighted by Gasteiger charge is 2.17. The molecule has 1 aromatic carbocycles. The van der Waals surface area contributed by atoms with E-state index < -0.39 is 23.8 Å². The standard InChI is InChI=1S/C16H23N2O4/c1-12(10-17-14(19)22-16(2,3)4)18-15(20)21-11-13-8-6-5-7-9-13/h5-9,12H,1,10-11H2,2-4H3,(H,17,19)(H,18,20)/t12-/m1/s1. The van der Waals surface area contributed by atoms with Crippen LogP contribution in [0.4, 0.5) is 9.59 Å². The molecule has 1 radical (unpaired) electrons. The van der Waals surface area contributed by atoms with Crippen molar-refractivity contribution in [3.05, 3.63) is 42.8 Å². The van der Waals surface area contributed by atoms with E-state index >= 15 is 0 Å². The highest BCUT2D eigenvalue weighted by atomic mass is 16.6. The van der Waals surface area contributed by atoms with E-state index in [2.05, 4.69) is 17.6 Å². The summed E-state index contributed by atoms with van der Waals surface area (Å²) in [6.45, 7) is 9.36. The molecule has 22 heavy (non-hydrogen) atoms. The minimum atomic E-state index is -0.588. The van der Waals surface area contributed by atoms with Gasteiger partial charge in [-0.05, 0) is 33.3 Å². The van der Waals surface area contributed by atoms with Gasteiger partial charge in [-0.1, -0.05) is 30.3 Å². The zero-order valence-electron chi connectivity index (χ0n) is 13.2. The molecule has 0 unspecified atom stereocenters. The summed E-state index contributed by atoms with van der Waals surface area (Å²) in [7, 11) is 0. The molecule has 0 heterocycles. The fourth-order valence-corrected chi connectivity index (χ4v) is 1.50. The zero-order chi connectivity index (χ0) is 16.6. The molecule has 1 atom stereocenters. The van der Waals surface area contributed by atoms with Crippen molar-refractivity contribution >= 4 is 12.2 Å².